The third-order valence-electron chi connectivity index (χ3n) is 1.09. The van der Waals surface area contributed by atoms with Crippen LogP contribution in [0.25, 0.3) is 0 Å². The summed E-state index contributed by atoms with van der Waals surface area (Å²) in [5.74, 6) is 2.49. The molecule has 1 aromatic carbocycles. The lowest BCUT2D eigenvalue weighted by Gasteiger charge is -1.94. The summed E-state index contributed by atoms with van der Waals surface area (Å²) in [6.45, 7) is 0. The van der Waals surface area contributed by atoms with Gasteiger partial charge in [-0.2, -0.15) is 0 Å². The van der Waals surface area contributed by atoms with E-state index in [2.05, 4.69) is 21.9 Å². The van der Waals surface area contributed by atoms with E-state index in [1.165, 1.54) is 0 Å². The molecule has 10 heavy (non-hydrogen) atoms. The van der Waals surface area contributed by atoms with Crippen LogP contribution in [0.2, 0.25) is 5.02 Å². The van der Waals surface area contributed by atoms with E-state index < -0.39 is 0 Å². The second-order valence-electron chi connectivity index (χ2n) is 1.77. The van der Waals surface area contributed by atoms with Gasteiger partial charge in [0, 0.05) is 10.0 Å². The minimum Gasteiger partial charge on any atom is -0.115 e. The van der Waals surface area contributed by atoms with E-state index in [-0.39, 0.29) is 0 Å². The normalized spacial score (nSPS) is 8.90. The van der Waals surface area contributed by atoms with Crippen molar-refractivity contribution in [3.8, 4) is 12.3 Å². The predicted molar refractivity (Wildman–Crippen MR) is 47.1 cm³/mol. The maximum absolute atomic E-state index is 5.75. The van der Waals surface area contributed by atoms with Crippen molar-refractivity contribution < 1.29 is 0 Å². The van der Waals surface area contributed by atoms with Gasteiger partial charge in [0.2, 0.25) is 0 Å². The summed E-state index contributed by atoms with van der Waals surface area (Å²) in [6, 6.07) is 5.40. The van der Waals surface area contributed by atoms with Crippen LogP contribution in [0.3, 0.4) is 0 Å². The highest BCUT2D eigenvalue weighted by molar-refractivity contribution is 9.10. The lowest BCUT2D eigenvalue weighted by molar-refractivity contribution is 1.60. The summed E-state index contributed by atoms with van der Waals surface area (Å²) in [7, 11) is 0. The molecule has 0 saturated heterocycles. The smallest absolute Gasteiger partial charge is 0.0560 e. The molecule has 0 aliphatic heterocycles. The molecule has 0 unspecified atom stereocenters. The molecule has 0 nitrogen and oxygen atoms in total. The second kappa shape index (κ2) is 3.09. The molecule has 50 valence electrons. The number of benzene rings is 1. The van der Waals surface area contributed by atoms with Crippen molar-refractivity contribution in [2.24, 2.45) is 0 Å². The van der Waals surface area contributed by atoms with E-state index in [1.807, 2.05) is 12.1 Å². The van der Waals surface area contributed by atoms with Gasteiger partial charge >= 0.3 is 0 Å². The van der Waals surface area contributed by atoms with E-state index in [0.29, 0.717) is 5.02 Å². The number of rotatable bonds is 0. The fraction of sp³-hybridized carbons (Fsp3) is 0. The quantitative estimate of drug-likeness (QED) is 0.584. The van der Waals surface area contributed by atoms with E-state index in [9.17, 15) is 0 Å². The lowest BCUT2D eigenvalue weighted by atomic mass is 10.2. The Morgan fingerprint density at radius 2 is 2.20 bits per heavy atom. The molecule has 0 fully saturated rings. The van der Waals surface area contributed by atoms with E-state index in [1.54, 1.807) is 6.07 Å². The molecular weight excluding hydrogens is 211 g/mol. The van der Waals surface area contributed by atoms with Crippen molar-refractivity contribution in [3.05, 3.63) is 33.3 Å². The van der Waals surface area contributed by atoms with Crippen LogP contribution in [0.15, 0.2) is 22.7 Å². The van der Waals surface area contributed by atoms with Crippen molar-refractivity contribution in [2.75, 3.05) is 0 Å². The first kappa shape index (κ1) is 7.65. The van der Waals surface area contributed by atoms with Crippen LogP contribution in [0.5, 0.6) is 0 Å². The molecule has 0 heterocycles. The van der Waals surface area contributed by atoms with Gasteiger partial charge in [0.25, 0.3) is 0 Å². The molecule has 0 atom stereocenters. The Balaban J connectivity index is 3.20. The number of hydrogen-bond acceptors (Lipinski definition) is 0. The van der Waals surface area contributed by atoms with E-state index >= 15 is 0 Å². The third kappa shape index (κ3) is 1.53. The van der Waals surface area contributed by atoms with Crippen molar-refractivity contribution in [1.82, 2.24) is 0 Å². The fourth-order valence-corrected chi connectivity index (χ4v) is 1.01. The zero-order valence-corrected chi connectivity index (χ0v) is 7.41. The van der Waals surface area contributed by atoms with Gasteiger partial charge in [0.15, 0.2) is 0 Å². The first-order chi connectivity index (χ1) is 4.74. The zero-order valence-electron chi connectivity index (χ0n) is 5.07. The maximum Gasteiger partial charge on any atom is 0.0560 e. The Morgan fingerprint density at radius 1 is 1.50 bits per heavy atom. The Morgan fingerprint density at radius 3 is 2.70 bits per heavy atom. The van der Waals surface area contributed by atoms with Crippen molar-refractivity contribution in [3.63, 3.8) is 0 Å². The molecular formula is C8H4BrCl. The van der Waals surface area contributed by atoms with Crippen LogP contribution in [0.1, 0.15) is 5.56 Å². The Kier molecular flexibility index (Phi) is 2.37. The lowest BCUT2D eigenvalue weighted by Crippen LogP contribution is -1.73. The molecule has 1 aromatic rings. The summed E-state index contributed by atoms with van der Waals surface area (Å²) in [6.07, 6.45) is 5.14. The largest absolute Gasteiger partial charge is 0.115 e. The molecule has 0 amide bonds. The zero-order chi connectivity index (χ0) is 7.56. The van der Waals surface area contributed by atoms with Crippen molar-refractivity contribution in [2.45, 2.75) is 0 Å². The molecule has 0 aliphatic rings. The van der Waals surface area contributed by atoms with Gasteiger partial charge < -0.3 is 0 Å². The minimum atomic E-state index is 0.649. The van der Waals surface area contributed by atoms with Crippen LogP contribution in [-0.4, -0.2) is 0 Å². The van der Waals surface area contributed by atoms with Crippen LogP contribution in [0, 0.1) is 12.3 Å². The molecule has 0 aromatic heterocycles. The summed E-state index contributed by atoms with van der Waals surface area (Å²) in [5.41, 5.74) is 0.799. The van der Waals surface area contributed by atoms with Gasteiger partial charge in [-0.05, 0) is 34.1 Å². The van der Waals surface area contributed by atoms with Gasteiger partial charge in [-0.25, -0.2) is 0 Å². The third-order valence-corrected chi connectivity index (χ3v) is 2.32. The van der Waals surface area contributed by atoms with E-state index in [0.717, 1.165) is 10.0 Å². The fourth-order valence-electron chi connectivity index (χ4n) is 0.586. The van der Waals surface area contributed by atoms with Crippen LogP contribution >= 0.6 is 27.5 Å². The van der Waals surface area contributed by atoms with E-state index in [4.69, 9.17) is 18.0 Å². The Labute approximate surface area is 73.3 Å². The van der Waals surface area contributed by atoms with Crippen LogP contribution in [-0.2, 0) is 0 Å². The topological polar surface area (TPSA) is 0 Å². The maximum atomic E-state index is 5.75. The molecule has 0 bridgehead atoms. The first-order valence-electron chi connectivity index (χ1n) is 2.65. The highest BCUT2D eigenvalue weighted by Gasteiger charge is 1.94. The van der Waals surface area contributed by atoms with Gasteiger partial charge in [0.1, 0.15) is 0 Å². The summed E-state index contributed by atoms with van der Waals surface area (Å²) < 4.78 is 0.869. The monoisotopic (exact) mass is 214 g/mol. The van der Waals surface area contributed by atoms with Crippen molar-refractivity contribution in [1.29, 1.82) is 0 Å². The van der Waals surface area contributed by atoms with Gasteiger partial charge in [0.05, 0.1) is 5.02 Å². The average molecular weight is 215 g/mol. The number of terminal acetylenes is 1. The number of hydrogen-bond donors (Lipinski definition) is 0. The number of halogens is 2. The highest BCUT2D eigenvalue weighted by Crippen LogP contribution is 2.22. The van der Waals surface area contributed by atoms with Crippen LogP contribution < -0.4 is 0 Å². The standard InChI is InChI=1S/C8H4BrCl/c1-2-6-3-4-7(9)8(10)5-6/h1,3-5H. The highest BCUT2D eigenvalue weighted by atomic mass is 79.9. The Hall–Kier alpha value is -0.450. The molecule has 0 spiro atoms. The summed E-state index contributed by atoms with van der Waals surface area (Å²) in [5, 5.41) is 0.649. The van der Waals surface area contributed by atoms with Crippen molar-refractivity contribution >= 4 is 27.5 Å². The first-order valence-corrected chi connectivity index (χ1v) is 3.83. The summed E-state index contributed by atoms with van der Waals surface area (Å²) in [4.78, 5) is 0. The van der Waals surface area contributed by atoms with Gasteiger partial charge in [-0.15, -0.1) is 6.42 Å². The minimum absolute atomic E-state index is 0.649. The molecule has 0 N–H and O–H groups in total. The Bertz CT molecular complexity index is 286. The SMILES string of the molecule is C#Cc1ccc(Br)c(Cl)c1. The average Bonchev–Trinajstić information content (AvgIpc) is 1.95. The molecule has 0 saturated carbocycles. The second-order valence-corrected chi connectivity index (χ2v) is 3.03. The molecule has 0 radical (unpaired) electrons. The van der Waals surface area contributed by atoms with Crippen LogP contribution in [0.4, 0.5) is 0 Å². The van der Waals surface area contributed by atoms with Gasteiger partial charge in [-0.3, -0.25) is 0 Å². The van der Waals surface area contributed by atoms with Gasteiger partial charge in [-0.1, -0.05) is 17.5 Å². The summed E-state index contributed by atoms with van der Waals surface area (Å²) >= 11 is 9.01. The predicted octanol–water partition coefficient (Wildman–Crippen LogP) is 3.08. The molecule has 0 aliphatic carbocycles. The molecule has 2 heteroatoms. The molecule has 1 rings (SSSR count).